The molecule has 2 aromatic rings. The van der Waals surface area contributed by atoms with Crippen LogP contribution in [0.1, 0.15) is 29.0 Å². The van der Waals surface area contributed by atoms with E-state index in [0.717, 1.165) is 34.7 Å². The molecule has 1 fully saturated rings. The lowest BCUT2D eigenvalue weighted by Crippen LogP contribution is -2.14. The van der Waals surface area contributed by atoms with Gasteiger partial charge in [-0.1, -0.05) is 0 Å². The van der Waals surface area contributed by atoms with Crippen molar-refractivity contribution in [3.05, 3.63) is 28.5 Å². The van der Waals surface area contributed by atoms with Crippen molar-refractivity contribution in [2.24, 2.45) is 0 Å². The van der Waals surface area contributed by atoms with Crippen LogP contribution in [0, 0.1) is 13.8 Å². The maximum Gasteiger partial charge on any atom is 0.188 e. The smallest absolute Gasteiger partial charge is 0.188 e. The first-order valence-electron chi connectivity index (χ1n) is 6.21. The van der Waals surface area contributed by atoms with Crippen molar-refractivity contribution in [2.45, 2.75) is 39.3 Å². The molecule has 3 rings (SSSR count). The zero-order chi connectivity index (χ0) is 12.5. The third kappa shape index (κ3) is 2.57. The van der Waals surface area contributed by atoms with Crippen molar-refractivity contribution in [3.8, 4) is 10.8 Å². The van der Waals surface area contributed by atoms with Gasteiger partial charge in [-0.3, -0.25) is 0 Å². The van der Waals surface area contributed by atoms with Crippen LogP contribution in [0.15, 0.2) is 12.4 Å². The molecule has 0 aliphatic heterocycles. The summed E-state index contributed by atoms with van der Waals surface area (Å²) in [5, 5.41) is 4.43. The number of aryl methyl sites for hydroxylation is 2. The number of hydrogen-bond acceptors (Lipinski definition) is 5. The molecule has 1 saturated carbocycles. The summed E-state index contributed by atoms with van der Waals surface area (Å²) >= 11 is 1.69. The van der Waals surface area contributed by atoms with Crippen LogP contribution in [0.25, 0.3) is 10.8 Å². The third-order valence-electron chi connectivity index (χ3n) is 2.99. The Kier molecular flexibility index (Phi) is 3.09. The lowest BCUT2D eigenvalue weighted by atomic mass is 10.4. The highest BCUT2D eigenvalue weighted by Gasteiger charge is 2.21. The van der Waals surface area contributed by atoms with Gasteiger partial charge in [-0.15, -0.1) is 11.3 Å². The summed E-state index contributed by atoms with van der Waals surface area (Å²) in [6.07, 6.45) is 6.29. The van der Waals surface area contributed by atoms with Gasteiger partial charge in [0.1, 0.15) is 0 Å². The highest BCUT2D eigenvalue weighted by molar-refractivity contribution is 7.15. The molecule has 1 aliphatic rings. The normalized spacial score (nSPS) is 15.0. The van der Waals surface area contributed by atoms with Gasteiger partial charge < -0.3 is 5.32 Å². The van der Waals surface area contributed by atoms with Crippen LogP contribution >= 0.6 is 11.3 Å². The third-order valence-corrected chi connectivity index (χ3v) is 4.15. The minimum Gasteiger partial charge on any atom is -0.309 e. The number of hydrogen-bond donors (Lipinski definition) is 1. The van der Waals surface area contributed by atoms with Crippen LogP contribution in [0.2, 0.25) is 0 Å². The largest absolute Gasteiger partial charge is 0.309 e. The lowest BCUT2D eigenvalue weighted by Gasteiger charge is -1.99. The van der Waals surface area contributed by atoms with Crippen molar-refractivity contribution in [3.63, 3.8) is 0 Å². The van der Waals surface area contributed by atoms with Gasteiger partial charge in [0.15, 0.2) is 10.8 Å². The second kappa shape index (κ2) is 4.74. The molecule has 5 heteroatoms. The highest BCUT2D eigenvalue weighted by Crippen LogP contribution is 2.26. The van der Waals surface area contributed by atoms with E-state index >= 15 is 0 Å². The standard InChI is InChI=1S/C13H16N4S/c1-8-5-15-12(16-6-8)13-17-9(2)11(18-13)7-14-10-3-4-10/h5-6,10,14H,3-4,7H2,1-2H3. The summed E-state index contributed by atoms with van der Waals surface area (Å²) < 4.78 is 0. The van der Waals surface area contributed by atoms with E-state index in [1.54, 1.807) is 11.3 Å². The highest BCUT2D eigenvalue weighted by atomic mass is 32.1. The molecule has 2 heterocycles. The summed E-state index contributed by atoms with van der Waals surface area (Å²) in [5.41, 5.74) is 2.16. The van der Waals surface area contributed by atoms with Gasteiger partial charge in [-0.25, -0.2) is 15.0 Å². The fraction of sp³-hybridized carbons (Fsp3) is 0.462. The van der Waals surface area contributed by atoms with Crippen molar-refractivity contribution >= 4 is 11.3 Å². The maximum atomic E-state index is 4.56. The van der Waals surface area contributed by atoms with Gasteiger partial charge in [-0.05, 0) is 32.3 Å². The van der Waals surface area contributed by atoms with E-state index in [-0.39, 0.29) is 0 Å². The molecule has 0 saturated heterocycles. The molecule has 0 aromatic carbocycles. The zero-order valence-electron chi connectivity index (χ0n) is 10.6. The Morgan fingerprint density at radius 3 is 2.67 bits per heavy atom. The average Bonchev–Trinajstić information content (AvgIpc) is 3.12. The predicted molar refractivity (Wildman–Crippen MR) is 72.5 cm³/mol. The second-order valence-electron chi connectivity index (χ2n) is 4.77. The van der Waals surface area contributed by atoms with Crippen LogP contribution in [-0.4, -0.2) is 21.0 Å². The Balaban J connectivity index is 1.79. The quantitative estimate of drug-likeness (QED) is 0.917. The Labute approximate surface area is 111 Å². The molecule has 1 N–H and O–H groups in total. The van der Waals surface area contributed by atoms with Gasteiger partial charge >= 0.3 is 0 Å². The molecule has 2 aromatic heterocycles. The molecule has 18 heavy (non-hydrogen) atoms. The first-order valence-corrected chi connectivity index (χ1v) is 7.03. The van der Waals surface area contributed by atoms with Gasteiger partial charge in [0.05, 0.1) is 5.69 Å². The van der Waals surface area contributed by atoms with Crippen molar-refractivity contribution < 1.29 is 0 Å². The van der Waals surface area contributed by atoms with Gasteiger partial charge in [0.25, 0.3) is 0 Å². The van der Waals surface area contributed by atoms with Crippen LogP contribution < -0.4 is 5.32 Å². The average molecular weight is 260 g/mol. The molecule has 94 valence electrons. The van der Waals surface area contributed by atoms with Gasteiger partial charge in [0, 0.05) is 29.9 Å². The first-order chi connectivity index (χ1) is 8.72. The molecule has 1 aliphatic carbocycles. The van der Waals surface area contributed by atoms with Crippen LogP contribution in [0.5, 0.6) is 0 Å². The first kappa shape index (κ1) is 11.7. The van der Waals surface area contributed by atoms with E-state index < -0.39 is 0 Å². The molecule has 0 bridgehead atoms. The number of aromatic nitrogens is 3. The van der Waals surface area contributed by atoms with E-state index in [0.29, 0.717) is 0 Å². The number of thiazole rings is 1. The summed E-state index contributed by atoms with van der Waals surface area (Å²) in [5.74, 6) is 0.728. The fourth-order valence-electron chi connectivity index (χ4n) is 1.72. The van der Waals surface area contributed by atoms with Crippen molar-refractivity contribution in [2.75, 3.05) is 0 Å². The Morgan fingerprint density at radius 2 is 2.00 bits per heavy atom. The Morgan fingerprint density at radius 1 is 1.28 bits per heavy atom. The summed E-state index contributed by atoms with van der Waals surface area (Å²) in [4.78, 5) is 14.5. The molecular weight excluding hydrogens is 244 g/mol. The van der Waals surface area contributed by atoms with Crippen LogP contribution in [0.3, 0.4) is 0 Å². The maximum absolute atomic E-state index is 4.56. The molecule has 0 atom stereocenters. The summed E-state index contributed by atoms with van der Waals surface area (Å²) in [6.45, 7) is 4.96. The molecule has 0 amide bonds. The minimum absolute atomic E-state index is 0.727. The van der Waals surface area contributed by atoms with Crippen LogP contribution in [0.4, 0.5) is 0 Å². The lowest BCUT2D eigenvalue weighted by molar-refractivity contribution is 0.691. The molecule has 4 nitrogen and oxygen atoms in total. The fourth-order valence-corrected chi connectivity index (χ4v) is 2.68. The zero-order valence-corrected chi connectivity index (χ0v) is 11.4. The molecular formula is C13H16N4S. The monoisotopic (exact) mass is 260 g/mol. The van der Waals surface area contributed by atoms with Crippen molar-refractivity contribution in [1.29, 1.82) is 0 Å². The van der Waals surface area contributed by atoms with Gasteiger partial charge in [0.2, 0.25) is 0 Å². The van der Waals surface area contributed by atoms with E-state index in [2.05, 4.69) is 27.2 Å². The Hall–Kier alpha value is -1.33. The van der Waals surface area contributed by atoms with Gasteiger partial charge in [-0.2, -0.15) is 0 Å². The number of nitrogens with zero attached hydrogens (tertiary/aromatic N) is 3. The van der Waals surface area contributed by atoms with Crippen LogP contribution in [-0.2, 0) is 6.54 Å². The summed E-state index contributed by atoms with van der Waals surface area (Å²) in [7, 11) is 0. The molecule has 0 unspecified atom stereocenters. The predicted octanol–water partition coefficient (Wildman–Crippen LogP) is 2.47. The van der Waals surface area contributed by atoms with E-state index in [4.69, 9.17) is 0 Å². The number of rotatable bonds is 4. The second-order valence-corrected chi connectivity index (χ2v) is 5.85. The van der Waals surface area contributed by atoms with Crippen molar-refractivity contribution in [1.82, 2.24) is 20.3 Å². The molecule has 0 radical (unpaired) electrons. The summed E-state index contributed by atoms with van der Waals surface area (Å²) in [6, 6.07) is 0.727. The number of nitrogens with one attached hydrogen (secondary N) is 1. The topological polar surface area (TPSA) is 50.7 Å². The Bertz CT molecular complexity index is 543. The van der Waals surface area contributed by atoms with E-state index in [9.17, 15) is 0 Å². The van der Waals surface area contributed by atoms with E-state index in [1.807, 2.05) is 19.3 Å². The SMILES string of the molecule is Cc1cnc(-c2nc(C)c(CNC3CC3)s2)nc1. The molecule has 0 spiro atoms. The minimum atomic E-state index is 0.727. The van der Waals surface area contributed by atoms with E-state index in [1.165, 1.54) is 17.7 Å².